The summed E-state index contributed by atoms with van der Waals surface area (Å²) >= 11 is 0. The van der Waals surface area contributed by atoms with E-state index in [0.29, 0.717) is 6.54 Å². The molecule has 0 saturated heterocycles. The number of hydrogen-bond acceptors (Lipinski definition) is 5. The summed E-state index contributed by atoms with van der Waals surface area (Å²) < 4.78 is 11.3. The minimum absolute atomic E-state index is 0.165. The van der Waals surface area contributed by atoms with E-state index in [0.717, 1.165) is 16.1 Å². The Hall–Kier alpha value is -2.28. The summed E-state index contributed by atoms with van der Waals surface area (Å²) in [7, 11) is 0.903. The van der Waals surface area contributed by atoms with Crippen LogP contribution in [0.1, 0.15) is 5.56 Å². The molecule has 0 saturated carbocycles. The fraction of sp³-hybridized carbons (Fsp3) is 0.214. The Balaban J connectivity index is 2.08. The zero-order valence-corrected chi connectivity index (χ0v) is 12.5. The molecule has 2 rings (SSSR count). The lowest BCUT2D eigenvalue weighted by Gasteiger charge is -2.17. The number of anilines is 1. The predicted octanol–water partition coefficient (Wildman–Crippen LogP) is 2.36. The predicted molar refractivity (Wildman–Crippen MR) is 81.8 cm³/mol. The first kappa shape index (κ1) is 15.1. The molecule has 0 bridgehead atoms. The van der Waals surface area contributed by atoms with E-state index in [9.17, 15) is 14.3 Å². The van der Waals surface area contributed by atoms with Gasteiger partial charge < -0.3 is 15.0 Å². The van der Waals surface area contributed by atoms with Crippen LogP contribution in [0.3, 0.4) is 0 Å². The second-order valence-corrected chi connectivity index (χ2v) is 5.97. The van der Waals surface area contributed by atoms with Gasteiger partial charge in [-0.3, -0.25) is 4.21 Å². The highest BCUT2D eigenvalue weighted by Gasteiger charge is 2.09. The van der Waals surface area contributed by atoms with E-state index in [1.807, 2.05) is 36.2 Å². The molecule has 0 aliphatic rings. The fourth-order valence-electron chi connectivity index (χ4n) is 1.86. The number of pyridine rings is 1. The number of hydrogen-bond donors (Lipinski definition) is 0. The lowest BCUT2D eigenvalue weighted by Crippen LogP contribution is -2.16. The van der Waals surface area contributed by atoms with Gasteiger partial charge in [-0.2, -0.15) is 0 Å². The lowest BCUT2D eigenvalue weighted by molar-refractivity contribution is -0.389. The van der Waals surface area contributed by atoms with Gasteiger partial charge in [0.15, 0.2) is 6.20 Å². The van der Waals surface area contributed by atoms with Gasteiger partial charge in [0, 0.05) is 41.6 Å². The molecule has 0 aliphatic carbocycles. The van der Waals surface area contributed by atoms with Crippen molar-refractivity contribution >= 4 is 22.3 Å². The Kier molecular flexibility index (Phi) is 4.64. The first-order valence-electron chi connectivity index (χ1n) is 6.21. The number of nitrogens with zero attached hydrogens (tertiary/aromatic N) is 3. The van der Waals surface area contributed by atoms with Gasteiger partial charge in [-0.05, 0) is 33.7 Å². The molecular formula is C14H15N3O3S. The van der Waals surface area contributed by atoms with Gasteiger partial charge in [0.2, 0.25) is 0 Å². The molecule has 1 atom stereocenters. The van der Waals surface area contributed by atoms with Crippen molar-refractivity contribution < 1.29 is 9.13 Å². The normalized spacial score (nSPS) is 11.9. The van der Waals surface area contributed by atoms with Gasteiger partial charge >= 0.3 is 5.82 Å². The van der Waals surface area contributed by atoms with Crippen LogP contribution in [0.4, 0.5) is 11.5 Å². The Bertz CT molecular complexity index is 656. The third-order valence-electron chi connectivity index (χ3n) is 3.04. The Morgan fingerprint density at radius 1 is 1.24 bits per heavy atom. The van der Waals surface area contributed by atoms with E-state index in [1.165, 1.54) is 12.3 Å². The van der Waals surface area contributed by atoms with Crippen LogP contribution in [0, 0.1) is 10.1 Å². The highest BCUT2D eigenvalue weighted by Crippen LogP contribution is 2.17. The summed E-state index contributed by atoms with van der Waals surface area (Å²) in [4.78, 5) is 16.6. The van der Waals surface area contributed by atoms with E-state index in [-0.39, 0.29) is 5.82 Å². The van der Waals surface area contributed by atoms with Crippen molar-refractivity contribution in [3.05, 3.63) is 58.3 Å². The van der Waals surface area contributed by atoms with Crippen molar-refractivity contribution in [3.63, 3.8) is 0 Å². The molecule has 1 heterocycles. The van der Waals surface area contributed by atoms with Crippen LogP contribution < -0.4 is 4.90 Å². The van der Waals surface area contributed by atoms with Crippen LogP contribution in [-0.4, -0.2) is 27.4 Å². The Morgan fingerprint density at radius 3 is 2.38 bits per heavy atom. The molecule has 0 spiro atoms. The van der Waals surface area contributed by atoms with E-state index in [2.05, 4.69) is 4.98 Å². The summed E-state index contributed by atoms with van der Waals surface area (Å²) in [6.45, 7) is 0.635. The summed E-state index contributed by atoms with van der Waals surface area (Å²) in [5, 5.41) is 10.6. The topological polar surface area (TPSA) is 76.3 Å². The summed E-state index contributed by atoms with van der Waals surface area (Å²) in [6, 6.07) is 10.6. The highest BCUT2D eigenvalue weighted by atomic mass is 32.2. The maximum absolute atomic E-state index is 11.3. The number of aromatic nitrogens is 1. The van der Waals surface area contributed by atoms with E-state index < -0.39 is 15.7 Å². The molecule has 0 aliphatic heterocycles. The van der Waals surface area contributed by atoms with Crippen LogP contribution in [0.15, 0.2) is 47.5 Å². The van der Waals surface area contributed by atoms with Gasteiger partial charge in [0.1, 0.15) is 0 Å². The van der Waals surface area contributed by atoms with Crippen LogP contribution in [-0.2, 0) is 17.3 Å². The van der Waals surface area contributed by atoms with Crippen LogP contribution in [0.2, 0.25) is 0 Å². The molecule has 6 nitrogen and oxygen atoms in total. The quantitative estimate of drug-likeness (QED) is 0.626. The molecular weight excluding hydrogens is 290 g/mol. The van der Waals surface area contributed by atoms with E-state index >= 15 is 0 Å². The largest absolute Gasteiger partial charge is 0.367 e. The molecule has 7 heteroatoms. The van der Waals surface area contributed by atoms with Crippen molar-refractivity contribution in [1.82, 2.24) is 4.98 Å². The summed E-state index contributed by atoms with van der Waals surface area (Å²) in [5.74, 6) is -0.165. The Morgan fingerprint density at radius 2 is 1.90 bits per heavy atom. The molecule has 0 radical (unpaired) electrons. The zero-order valence-electron chi connectivity index (χ0n) is 11.7. The standard InChI is InChI=1S/C14H15N3O3S/c1-16(12-5-8-14(15-9-12)17(18)19)10-11-3-6-13(7-4-11)21(2)20/h3-9H,10H2,1-2H3/t21-/m1/s1. The average Bonchev–Trinajstić information content (AvgIpc) is 2.47. The summed E-state index contributed by atoms with van der Waals surface area (Å²) in [6.07, 6.45) is 3.12. The zero-order chi connectivity index (χ0) is 15.4. The average molecular weight is 305 g/mol. The minimum Gasteiger partial charge on any atom is -0.367 e. The van der Waals surface area contributed by atoms with Gasteiger partial charge in [0.25, 0.3) is 0 Å². The van der Waals surface area contributed by atoms with Crippen molar-refractivity contribution in [2.75, 3.05) is 18.2 Å². The fourth-order valence-corrected chi connectivity index (χ4v) is 2.38. The highest BCUT2D eigenvalue weighted by molar-refractivity contribution is 7.84. The van der Waals surface area contributed by atoms with Gasteiger partial charge in [-0.1, -0.05) is 12.1 Å². The molecule has 21 heavy (non-hydrogen) atoms. The first-order valence-corrected chi connectivity index (χ1v) is 7.77. The molecule has 2 aromatic rings. The van der Waals surface area contributed by atoms with Gasteiger partial charge in [0.05, 0.1) is 5.69 Å². The van der Waals surface area contributed by atoms with E-state index in [1.54, 1.807) is 12.3 Å². The number of benzene rings is 1. The SMILES string of the molecule is CN(Cc1ccc([S@@](C)=O)cc1)c1ccc([N+](=O)[O-])nc1. The number of rotatable bonds is 5. The molecule has 1 aromatic carbocycles. The Labute approximate surface area is 125 Å². The molecule has 0 fully saturated rings. The second-order valence-electron chi connectivity index (χ2n) is 4.59. The summed E-state index contributed by atoms with van der Waals surface area (Å²) in [5.41, 5.74) is 1.86. The number of nitro groups is 1. The van der Waals surface area contributed by atoms with Crippen LogP contribution >= 0.6 is 0 Å². The lowest BCUT2D eigenvalue weighted by atomic mass is 10.2. The van der Waals surface area contributed by atoms with Crippen molar-refractivity contribution in [3.8, 4) is 0 Å². The first-order chi connectivity index (χ1) is 9.97. The second kappa shape index (κ2) is 6.45. The third kappa shape index (κ3) is 3.85. The van der Waals surface area contributed by atoms with Crippen molar-refractivity contribution in [1.29, 1.82) is 0 Å². The smallest absolute Gasteiger partial charge is 0.363 e. The van der Waals surface area contributed by atoms with E-state index in [4.69, 9.17) is 0 Å². The van der Waals surface area contributed by atoms with Crippen molar-refractivity contribution in [2.24, 2.45) is 0 Å². The molecule has 110 valence electrons. The third-order valence-corrected chi connectivity index (χ3v) is 3.97. The van der Waals surface area contributed by atoms with Gasteiger partial charge in [-0.15, -0.1) is 0 Å². The molecule has 0 unspecified atom stereocenters. The van der Waals surface area contributed by atoms with Crippen molar-refractivity contribution in [2.45, 2.75) is 11.4 Å². The molecule has 1 aromatic heterocycles. The minimum atomic E-state index is -0.981. The monoisotopic (exact) mass is 305 g/mol. The van der Waals surface area contributed by atoms with Crippen LogP contribution in [0.5, 0.6) is 0 Å². The molecule has 0 amide bonds. The maximum Gasteiger partial charge on any atom is 0.363 e. The van der Waals surface area contributed by atoms with Crippen LogP contribution in [0.25, 0.3) is 0 Å². The molecule has 0 N–H and O–H groups in total. The van der Waals surface area contributed by atoms with Gasteiger partial charge in [-0.25, -0.2) is 0 Å². The maximum atomic E-state index is 11.3.